The van der Waals surface area contributed by atoms with Gasteiger partial charge in [0.25, 0.3) is 0 Å². The van der Waals surface area contributed by atoms with Crippen molar-refractivity contribution in [3.8, 4) is 0 Å². The van der Waals surface area contributed by atoms with Gasteiger partial charge in [-0.15, -0.1) is 0 Å². The van der Waals surface area contributed by atoms with E-state index >= 15 is 0 Å². The van der Waals surface area contributed by atoms with Gasteiger partial charge >= 0.3 is 10.4 Å². The van der Waals surface area contributed by atoms with Crippen molar-refractivity contribution in [2.45, 2.75) is 213 Å². The van der Waals surface area contributed by atoms with E-state index in [0.29, 0.717) is 0 Å². The third-order valence-electron chi connectivity index (χ3n) is 8.63. The van der Waals surface area contributed by atoms with Crippen LogP contribution in [0.25, 0.3) is 0 Å². The number of unbranched alkanes of at least 4 members (excludes halogenated alkanes) is 27. The second-order valence-electron chi connectivity index (χ2n) is 12.7. The smallest absolute Gasteiger partial charge is 0.264 e. The quantitative estimate of drug-likeness (QED) is 0.0600. The third kappa shape index (κ3) is 34.1. The largest absolute Gasteiger partial charge is 0.397 e. The van der Waals surface area contributed by atoms with Gasteiger partial charge in [-0.3, -0.25) is 4.55 Å². The topological polar surface area (TPSA) is 63.6 Å². The Kier molecular flexibility index (Phi) is 31.7. The lowest BCUT2D eigenvalue weighted by Gasteiger charge is -2.16. The van der Waals surface area contributed by atoms with Crippen molar-refractivity contribution < 1.29 is 17.2 Å². The normalized spacial score (nSPS) is 12.8. The lowest BCUT2D eigenvalue weighted by Crippen LogP contribution is -2.14. The van der Waals surface area contributed by atoms with Crippen molar-refractivity contribution in [3.05, 3.63) is 0 Å². The van der Waals surface area contributed by atoms with Crippen LogP contribution in [0, 0.1) is 5.92 Å². The molecule has 0 fully saturated rings. The molecule has 0 amide bonds. The predicted molar refractivity (Wildman–Crippen MR) is 175 cm³/mol. The van der Waals surface area contributed by atoms with E-state index in [2.05, 4.69) is 13.8 Å². The molecule has 1 N–H and O–H groups in total. The molecule has 0 aliphatic carbocycles. The van der Waals surface area contributed by atoms with Gasteiger partial charge < -0.3 is 0 Å². The van der Waals surface area contributed by atoms with Crippen LogP contribution in [0.3, 0.4) is 0 Å². The van der Waals surface area contributed by atoms with E-state index in [1.807, 2.05) is 0 Å². The molecule has 0 aliphatic rings. The number of hydrogen-bond donors (Lipinski definition) is 1. The zero-order chi connectivity index (χ0) is 29.4. The fraction of sp³-hybridized carbons (Fsp3) is 1.00. The van der Waals surface area contributed by atoms with Crippen molar-refractivity contribution in [2.75, 3.05) is 6.61 Å². The van der Waals surface area contributed by atoms with Crippen molar-refractivity contribution in [3.63, 3.8) is 0 Å². The molecule has 1 unspecified atom stereocenters. The molecule has 0 aromatic heterocycles. The maximum atomic E-state index is 11.1. The highest BCUT2D eigenvalue weighted by atomic mass is 32.3. The van der Waals surface area contributed by atoms with Crippen LogP contribution in [0.4, 0.5) is 0 Å². The Morgan fingerprint density at radius 1 is 0.425 bits per heavy atom. The Morgan fingerprint density at radius 3 is 0.875 bits per heavy atom. The third-order valence-corrected chi connectivity index (χ3v) is 9.07. The molecule has 0 rings (SSSR count). The van der Waals surface area contributed by atoms with Gasteiger partial charge in [0.1, 0.15) is 0 Å². The lowest BCUT2D eigenvalue weighted by molar-refractivity contribution is 0.204. The summed E-state index contributed by atoms with van der Waals surface area (Å²) in [5.74, 6) is 0.237. The highest BCUT2D eigenvalue weighted by Gasteiger charge is 2.13. The summed E-state index contributed by atoms with van der Waals surface area (Å²) < 4.78 is 35.9. The summed E-state index contributed by atoms with van der Waals surface area (Å²) in [7, 11) is -4.34. The average Bonchev–Trinajstić information content (AvgIpc) is 2.93. The molecule has 40 heavy (non-hydrogen) atoms. The van der Waals surface area contributed by atoms with Crippen LogP contribution in [-0.2, 0) is 14.6 Å². The molecule has 0 saturated heterocycles. The fourth-order valence-corrected chi connectivity index (χ4v) is 6.29. The zero-order valence-electron chi connectivity index (χ0n) is 27.3. The molecule has 0 heterocycles. The molecule has 0 aliphatic heterocycles. The molecule has 242 valence electrons. The summed E-state index contributed by atoms with van der Waals surface area (Å²) in [6.45, 7) is 4.69. The van der Waals surface area contributed by atoms with Gasteiger partial charge in [-0.1, -0.05) is 200 Å². The van der Waals surface area contributed by atoms with E-state index in [4.69, 9.17) is 8.74 Å². The van der Waals surface area contributed by atoms with Gasteiger partial charge in [-0.2, -0.15) is 8.42 Å². The maximum absolute atomic E-state index is 11.1. The summed E-state index contributed by atoms with van der Waals surface area (Å²) >= 11 is 0. The highest BCUT2D eigenvalue weighted by molar-refractivity contribution is 7.80. The number of rotatable bonds is 34. The average molecular weight is 589 g/mol. The fourth-order valence-electron chi connectivity index (χ4n) is 5.93. The summed E-state index contributed by atoms with van der Waals surface area (Å²) in [6.07, 6.45) is 41.2. The van der Waals surface area contributed by atoms with Gasteiger partial charge in [0.2, 0.25) is 0 Å². The molecule has 0 saturated carbocycles. The van der Waals surface area contributed by atoms with E-state index in [-0.39, 0.29) is 12.5 Å². The first kappa shape index (κ1) is 39.9. The minimum atomic E-state index is -4.34. The first-order valence-corrected chi connectivity index (χ1v) is 19.5. The van der Waals surface area contributed by atoms with E-state index in [1.54, 1.807) is 0 Å². The van der Waals surface area contributed by atoms with Crippen LogP contribution in [-0.4, -0.2) is 19.6 Å². The summed E-state index contributed by atoms with van der Waals surface area (Å²) in [5.41, 5.74) is 0. The molecule has 0 aromatic carbocycles. The number of hydrogen-bond acceptors (Lipinski definition) is 3. The Hall–Kier alpha value is -0.130. The van der Waals surface area contributed by atoms with Crippen molar-refractivity contribution in [1.29, 1.82) is 0 Å². The zero-order valence-corrected chi connectivity index (χ0v) is 28.1. The molecule has 0 aromatic rings. The Bertz CT molecular complexity index is 578. The Labute approximate surface area is 252 Å². The lowest BCUT2D eigenvalue weighted by atomic mass is 9.94. The van der Waals surface area contributed by atoms with Crippen LogP contribution in [0.1, 0.15) is 213 Å². The summed E-state index contributed by atoms with van der Waals surface area (Å²) in [5, 5.41) is 0. The van der Waals surface area contributed by atoms with Gasteiger partial charge in [0, 0.05) is 0 Å². The van der Waals surface area contributed by atoms with Crippen molar-refractivity contribution in [2.24, 2.45) is 5.92 Å². The minimum absolute atomic E-state index is 0.135. The van der Waals surface area contributed by atoms with E-state index < -0.39 is 10.4 Å². The second-order valence-corrected chi connectivity index (χ2v) is 13.8. The van der Waals surface area contributed by atoms with Crippen LogP contribution < -0.4 is 0 Å². The van der Waals surface area contributed by atoms with E-state index in [0.717, 1.165) is 25.7 Å². The standard InChI is InChI=1S/C35H72O4S/c1-3-5-7-9-11-13-15-17-19-21-23-25-27-29-31-33-35(34-39-40(36,37)38)32-30-28-26-24-22-20-18-16-14-12-10-8-6-4-2/h35H,3-34H2,1-2H3,(H,36,37,38). The first-order valence-electron chi connectivity index (χ1n) is 18.1. The predicted octanol–water partition coefficient (Wildman–Crippen LogP) is 12.6. The second kappa shape index (κ2) is 31.8. The molecule has 0 spiro atoms. The van der Waals surface area contributed by atoms with Gasteiger partial charge in [-0.25, -0.2) is 4.18 Å². The van der Waals surface area contributed by atoms with Gasteiger partial charge in [0.15, 0.2) is 0 Å². The molecule has 4 nitrogen and oxygen atoms in total. The van der Waals surface area contributed by atoms with Crippen molar-refractivity contribution in [1.82, 2.24) is 0 Å². The van der Waals surface area contributed by atoms with Crippen LogP contribution in [0.2, 0.25) is 0 Å². The van der Waals surface area contributed by atoms with Crippen LogP contribution >= 0.6 is 0 Å². The maximum Gasteiger partial charge on any atom is 0.397 e. The van der Waals surface area contributed by atoms with Crippen LogP contribution in [0.15, 0.2) is 0 Å². The molecule has 5 heteroatoms. The molecular formula is C35H72O4S. The molecule has 0 radical (unpaired) electrons. The highest BCUT2D eigenvalue weighted by Crippen LogP contribution is 2.21. The van der Waals surface area contributed by atoms with Gasteiger partial charge in [-0.05, 0) is 18.8 Å². The SMILES string of the molecule is CCCCCCCCCCCCCCCCCC(CCCCCCCCCCCCCCCC)COS(=O)(=O)O. The first-order chi connectivity index (χ1) is 19.5. The molecular weight excluding hydrogens is 516 g/mol. The van der Waals surface area contributed by atoms with E-state index in [9.17, 15) is 8.42 Å². The van der Waals surface area contributed by atoms with E-state index in [1.165, 1.54) is 173 Å². The Morgan fingerprint density at radius 2 is 0.650 bits per heavy atom. The molecule has 1 atom stereocenters. The van der Waals surface area contributed by atoms with Gasteiger partial charge in [0.05, 0.1) is 6.61 Å². The Balaban J connectivity index is 3.68. The minimum Gasteiger partial charge on any atom is -0.264 e. The summed E-state index contributed by atoms with van der Waals surface area (Å²) in [4.78, 5) is 0. The summed E-state index contributed by atoms with van der Waals surface area (Å²) in [6, 6.07) is 0. The van der Waals surface area contributed by atoms with Crippen molar-refractivity contribution >= 4 is 10.4 Å². The molecule has 0 bridgehead atoms. The monoisotopic (exact) mass is 589 g/mol. The van der Waals surface area contributed by atoms with Crippen LogP contribution in [0.5, 0.6) is 0 Å².